The Kier molecular flexibility index (Phi) is 6.08. The molecule has 0 aliphatic carbocycles. The highest BCUT2D eigenvalue weighted by Gasteiger charge is 2.17. The molecule has 3 aromatic rings. The number of aromatic nitrogens is 2. The van der Waals surface area contributed by atoms with Crippen molar-refractivity contribution in [2.75, 3.05) is 0 Å². The molecule has 1 amide bonds. The molecule has 5 nitrogen and oxygen atoms in total. The van der Waals surface area contributed by atoms with Crippen LogP contribution in [0.3, 0.4) is 0 Å². The van der Waals surface area contributed by atoms with Gasteiger partial charge in [0.05, 0.1) is 17.3 Å². The van der Waals surface area contributed by atoms with Crippen LogP contribution >= 0.6 is 34.5 Å². The number of thiazole rings is 1. The molecule has 8 heteroatoms. The molecule has 0 saturated carbocycles. The zero-order valence-corrected chi connectivity index (χ0v) is 16.1. The van der Waals surface area contributed by atoms with Crippen LogP contribution in [0.1, 0.15) is 11.9 Å². The molecule has 2 aromatic heterocycles. The number of ether oxygens (including phenoxy) is 1. The predicted octanol–water partition coefficient (Wildman–Crippen LogP) is 4.60. The van der Waals surface area contributed by atoms with E-state index in [-0.39, 0.29) is 10.9 Å². The van der Waals surface area contributed by atoms with Gasteiger partial charge in [-0.2, -0.15) is 0 Å². The quantitative estimate of drug-likeness (QED) is 0.648. The molecule has 0 spiro atoms. The van der Waals surface area contributed by atoms with Gasteiger partial charge in [0.25, 0.3) is 5.91 Å². The summed E-state index contributed by atoms with van der Waals surface area (Å²) in [6, 6.07) is 8.82. The first kappa shape index (κ1) is 18.6. The lowest BCUT2D eigenvalue weighted by atomic mass is 10.2. The van der Waals surface area contributed by atoms with Gasteiger partial charge >= 0.3 is 0 Å². The first-order chi connectivity index (χ1) is 12.5. The van der Waals surface area contributed by atoms with Gasteiger partial charge in [-0.15, -0.1) is 11.3 Å². The number of nitrogens with zero attached hydrogens (tertiary/aromatic N) is 2. The van der Waals surface area contributed by atoms with E-state index in [0.717, 1.165) is 16.3 Å². The van der Waals surface area contributed by atoms with Gasteiger partial charge in [-0.1, -0.05) is 29.3 Å². The summed E-state index contributed by atoms with van der Waals surface area (Å²) in [7, 11) is 0. The van der Waals surface area contributed by atoms with Crippen molar-refractivity contribution in [3.63, 3.8) is 0 Å². The lowest BCUT2D eigenvalue weighted by Gasteiger charge is -2.15. The maximum Gasteiger partial charge on any atom is 0.261 e. The van der Waals surface area contributed by atoms with Crippen LogP contribution in [0.4, 0.5) is 0 Å². The number of hydrogen-bond acceptors (Lipinski definition) is 5. The molecule has 0 aliphatic rings. The minimum atomic E-state index is -0.717. The van der Waals surface area contributed by atoms with Gasteiger partial charge < -0.3 is 10.1 Å². The van der Waals surface area contributed by atoms with E-state index >= 15 is 0 Å². The highest BCUT2D eigenvalue weighted by molar-refractivity contribution is 7.09. The van der Waals surface area contributed by atoms with Crippen molar-refractivity contribution >= 4 is 40.4 Å². The van der Waals surface area contributed by atoms with Crippen molar-refractivity contribution in [3.05, 3.63) is 63.2 Å². The molecule has 1 aromatic carbocycles. The molecule has 1 atom stereocenters. The van der Waals surface area contributed by atoms with Crippen LogP contribution in [0, 0.1) is 0 Å². The van der Waals surface area contributed by atoms with Crippen molar-refractivity contribution in [1.29, 1.82) is 0 Å². The van der Waals surface area contributed by atoms with E-state index in [2.05, 4.69) is 15.3 Å². The Hall–Kier alpha value is -2.15. The number of hydrogen-bond donors (Lipinski definition) is 1. The summed E-state index contributed by atoms with van der Waals surface area (Å²) in [5.41, 5.74) is 1.85. The second-order valence-electron chi connectivity index (χ2n) is 5.39. The van der Waals surface area contributed by atoms with Crippen LogP contribution in [0.5, 0.6) is 5.75 Å². The minimum Gasteiger partial charge on any atom is -0.479 e. The molecular formula is C18H15Cl2N3O2S. The van der Waals surface area contributed by atoms with Gasteiger partial charge in [-0.05, 0) is 31.2 Å². The summed E-state index contributed by atoms with van der Waals surface area (Å²) >= 11 is 13.5. The van der Waals surface area contributed by atoms with Crippen molar-refractivity contribution in [3.8, 4) is 17.0 Å². The molecule has 3 rings (SSSR count). The third kappa shape index (κ3) is 4.52. The topological polar surface area (TPSA) is 64.1 Å². The Morgan fingerprint density at radius 1 is 1.27 bits per heavy atom. The number of halogens is 2. The van der Waals surface area contributed by atoms with E-state index in [1.165, 1.54) is 11.3 Å². The SMILES string of the molecule is CC(Oc1cccc(Cl)c1Cl)C(=O)NCc1nc(-c2ccncc2)cs1. The minimum absolute atomic E-state index is 0.262. The number of nitrogens with one attached hydrogen (secondary N) is 1. The zero-order valence-electron chi connectivity index (χ0n) is 13.8. The third-order valence-electron chi connectivity index (χ3n) is 3.53. The summed E-state index contributed by atoms with van der Waals surface area (Å²) in [5.74, 6) is 0.109. The molecule has 1 N–H and O–H groups in total. The Bertz CT molecular complexity index is 902. The average Bonchev–Trinajstić information content (AvgIpc) is 3.13. The maximum absolute atomic E-state index is 12.3. The standard InChI is InChI=1S/C18H15Cl2N3O2S/c1-11(25-15-4-2-3-13(19)17(15)20)18(24)22-9-16-23-14(10-26-16)12-5-7-21-8-6-12/h2-8,10-11H,9H2,1H3,(H,22,24). The highest BCUT2D eigenvalue weighted by Crippen LogP contribution is 2.32. The maximum atomic E-state index is 12.3. The van der Waals surface area contributed by atoms with Crippen molar-refractivity contribution < 1.29 is 9.53 Å². The van der Waals surface area contributed by atoms with Crippen LogP contribution in [0.25, 0.3) is 11.3 Å². The first-order valence-electron chi connectivity index (χ1n) is 7.78. The number of carbonyl (C=O) groups excluding carboxylic acids is 1. The van der Waals surface area contributed by atoms with Crippen molar-refractivity contribution in [2.45, 2.75) is 19.6 Å². The zero-order chi connectivity index (χ0) is 18.5. The molecule has 0 saturated heterocycles. The molecule has 26 heavy (non-hydrogen) atoms. The normalized spacial score (nSPS) is 11.8. The monoisotopic (exact) mass is 407 g/mol. The van der Waals surface area contributed by atoms with Gasteiger partial charge in [-0.3, -0.25) is 9.78 Å². The largest absolute Gasteiger partial charge is 0.479 e. The van der Waals surface area contributed by atoms with Gasteiger partial charge in [0, 0.05) is 23.3 Å². The molecule has 2 heterocycles. The fourth-order valence-electron chi connectivity index (χ4n) is 2.17. The summed E-state index contributed by atoms with van der Waals surface area (Å²) in [5, 5.41) is 6.23. The van der Waals surface area contributed by atoms with E-state index < -0.39 is 6.10 Å². The van der Waals surface area contributed by atoms with Crippen molar-refractivity contribution in [2.24, 2.45) is 0 Å². The fraction of sp³-hybridized carbons (Fsp3) is 0.167. The fourth-order valence-corrected chi connectivity index (χ4v) is 3.25. The highest BCUT2D eigenvalue weighted by atomic mass is 35.5. The molecule has 0 bridgehead atoms. The van der Waals surface area contributed by atoms with Gasteiger partial charge in [0.1, 0.15) is 15.8 Å². The molecule has 1 unspecified atom stereocenters. The summed E-state index contributed by atoms with van der Waals surface area (Å²) < 4.78 is 5.60. The first-order valence-corrected chi connectivity index (χ1v) is 9.41. The second-order valence-corrected chi connectivity index (χ2v) is 7.12. The van der Waals surface area contributed by atoms with Crippen molar-refractivity contribution in [1.82, 2.24) is 15.3 Å². The van der Waals surface area contributed by atoms with Crippen LogP contribution < -0.4 is 10.1 Å². The summed E-state index contributed by atoms with van der Waals surface area (Å²) in [6.45, 7) is 1.97. The van der Waals surface area contributed by atoms with Crippen LogP contribution in [0.15, 0.2) is 48.1 Å². The van der Waals surface area contributed by atoms with E-state index in [9.17, 15) is 4.79 Å². The van der Waals surface area contributed by atoms with E-state index in [1.807, 2.05) is 17.5 Å². The van der Waals surface area contributed by atoms with Crippen LogP contribution in [0.2, 0.25) is 10.0 Å². The Morgan fingerprint density at radius 3 is 2.81 bits per heavy atom. The predicted molar refractivity (Wildman–Crippen MR) is 104 cm³/mol. The summed E-state index contributed by atoms with van der Waals surface area (Å²) in [4.78, 5) is 20.8. The Morgan fingerprint density at radius 2 is 2.04 bits per heavy atom. The van der Waals surface area contributed by atoms with Gasteiger partial charge in [0.15, 0.2) is 6.10 Å². The lowest BCUT2D eigenvalue weighted by molar-refractivity contribution is -0.127. The number of amides is 1. The average molecular weight is 408 g/mol. The van der Waals surface area contributed by atoms with E-state index in [4.69, 9.17) is 27.9 Å². The van der Waals surface area contributed by atoms with Gasteiger partial charge in [0.2, 0.25) is 0 Å². The van der Waals surface area contributed by atoms with Gasteiger partial charge in [-0.25, -0.2) is 4.98 Å². The molecule has 0 aliphatic heterocycles. The third-order valence-corrected chi connectivity index (χ3v) is 5.18. The number of benzene rings is 1. The van der Waals surface area contributed by atoms with Crippen LogP contribution in [-0.4, -0.2) is 22.0 Å². The number of rotatable bonds is 6. The second kappa shape index (κ2) is 8.49. The van der Waals surface area contributed by atoms with Crippen LogP contribution in [-0.2, 0) is 11.3 Å². The number of carbonyl (C=O) groups is 1. The van der Waals surface area contributed by atoms with E-state index in [1.54, 1.807) is 37.5 Å². The Balaban J connectivity index is 1.57. The summed E-state index contributed by atoms with van der Waals surface area (Å²) in [6.07, 6.45) is 2.72. The smallest absolute Gasteiger partial charge is 0.261 e. The molecule has 0 fully saturated rings. The molecule has 134 valence electrons. The Labute approximate surface area is 165 Å². The molecule has 0 radical (unpaired) electrons. The van der Waals surface area contributed by atoms with E-state index in [0.29, 0.717) is 17.3 Å². The number of pyridine rings is 1. The molecular weight excluding hydrogens is 393 g/mol. The lowest BCUT2D eigenvalue weighted by Crippen LogP contribution is -2.35.